The maximum Gasteiger partial charge on any atom is 0.144 e. The number of nitrogens with zero attached hydrogens (tertiary/aromatic N) is 2. The van der Waals surface area contributed by atoms with Crippen LogP contribution in [0.2, 0.25) is 0 Å². The standard InChI is InChI=1S/C15H15N3/c1-10-3-4-12(7-11(10)2)15-17-9-14-8-13(16)5-6-18(14)15/h3-9H,16H2,1-2H3. The van der Waals surface area contributed by atoms with E-state index in [4.69, 9.17) is 5.73 Å². The summed E-state index contributed by atoms with van der Waals surface area (Å²) in [5.41, 5.74) is 11.3. The summed E-state index contributed by atoms with van der Waals surface area (Å²) in [5.74, 6) is 0.952. The predicted octanol–water partition coefficient (Wildman–Crippen LogP) is 3.20. The second-order valence-corrected chi connectivity index (χ2v) is 4.64. The lowest BCUT2D eigenvalue weighted by atomic mass is 10.1. The molecule has 18 heavy (non-hydrogen) atoms. The molecule has 0 radical (unpaired) electrons. The minimum absolute atomic E-state index is 0.758. The zero-order chi connectivity index (χ0) is 12.7. The summed E-state index contributed by atoms with van der Waals surface area (Å²) in [7, 11) is 0. The minimum Gasteiger partial charge on any atom is -0.399 e. The maximum atomic E-state index is 5.77. The van der Waals surface area contributed by atoms with Crippen LogP contribution in [0.1, 0.15) is 11.1 Å². The zero-order valence-electron chi connectivity index (χ0n) is 10.5. The van der Waals surface area contributed by atoms with E-state index in [1.165, 1.54) is 11.1 Å². The van der Waals surface area contributed by atoms with Gasteiger partial charge in [0, 0.05) is 17.4 Å². The van der Waals surface area contributed by atoms with Crippen molar-refractivity contribution >= 4 is 11.2 Å². The van der Waals surface area contributed by atoms with Crippen LogP contribution in [0.15, 0.2) is 42.7 Å². The highest BCUT2D eigenvalue weighted by Gasteiger charge is 2.07. The summed E-state index contributed by atoms with van der Waals surface area (Å²) in [6.07, 6.45) is 3.81. The van der Waals surface area contributed by atoms with E-state index in [9.17, 15) is 0 Å². The lowest BCUT2D eigenvalue weighted by Crippen LogP contribution is -1.92. The van der Waals surface area contributed by atoms with Crippen LogP contribution in [0.4, 0.5) is 5.69 Å². The molecule has 0 atom stereocenters. The van der Waals surface area contributed by atoms with Crippen LogP contribution in [-0.4, -0.2) is 9.38 Å². The van der Waals surface area contributed by atoms with Gasteiger partial charge < -0.3 is 5.73 Å². The van der Waals surface area contributed by atoms with Gasteiger partial charge >= 0.3 is 0 Å². The molecule has 0 saturated heterocycles. The van der Waals surface area contributed by atoms with Gasteiger partial charge in [0.05, 0.1) is 11.7 Å². The van der Waals surface area contributed by atoms with E-state index in [-0.39, 0.29) is 0 Å². The molecule has 0 aliphatic carbocycles. The van der Waals surface area contributed by atoms with Crippen molar-refractivity contribution in [2.75, 3.05) is 5.73 Å². The molecule has 3 rings (SSSR count). The first-order valence-electron chi connectivity index (χ1n) is 5.95. The monoisotopic (exact) mass is 237 g/mol. The van der Waals surface area contributed by atoms with Crippen molar-refractivity contribution < 1.29 is 0 Å². The Morgan fingerprint density at radius 3 is 2.67 bits per heavy atom. The zero-order valence-corrected chi connectivity index (χ0v) is 10.5. The molecule has 0 unspecified atom stereocenters. The fourth-order valence-electron chi connectivity index (χ4n) is 2.11. The average molecular weight is 237 g/mol. The van der Waals surface area contributed by atoms with E-state index in [1.807, 2.05) is 24.5 Å². The number of aryl methyl sites for hydroxylation is 2. The molecule has 2 N–H and O–H groups in total. The second-order valence-electron chi connectivity index (χ2n) is 4.64. The van der Waals surface area contributed by atoms with E-state index in [0.717, 1.165) is 22.6 Å². The van der Waals surface area contributed by atoms with Crippen molar-refractivity contribution in [2.45, 2.75) is 13.8 Å². The summed E-state index contributed by atoms with van der Waals surface area (Å²) in [6.45, 7) is 4.23. The van der Waals surface area contributed by atoms with Crippen molar-refractivity contribution in [3.05, 3.63) is 53.9 Å². The molecule has 0 aliphatic heterocycles. The van der Waals surface area contributed by atoms with Gasteiger partial charge in [-0.3, -0.25) is 4.40 Å². The Balaban J connectivity index is 2.22. The predicted molar refractivity (Wildman–Crippen MR) is 74.5 cm³/mol. The van der Waals surface area contributed by atoms with Crippen LogP contribution in [0.25, 0.3) is 16.9 Å². The third kappa shape index (κ3) is 1.64. The maximum absolute atomic E-state index is 5.77. The van der Waals surface area contributed by atoms with Crippen LogP contribution in [-0.2, 0) is 0 Å². The SMILES string of the molecule is Cc1ccc(-c2ncc3cc(N)ccn23)cc1C. The molecule has 0 spiro atoms. The molecule has 0 amide bonds. The molecule has 0 bridgehead atoms. The molecule has 2 heterocycles. The minimum atomic E-state index is 0.758. The van der Waals surface area contributed by atoms with Gasteiger partial charge in [0.15, 0.2) is 0 Å². The molecule has 0 fully saturated rings. The molecule has 1 aromatic carbocycles. The van der Waals surface area contributed by atoms with Crippen molar-refractivity contribution in [3.63, 3.8) is 0 Å². The summed E-state index contributed by atoms with van der Waals surface area (Å²) in [4.78, 5) is 4.48. The molecule has 0 aliphatic rings. The van der Waals surface area contributed by atoms with E-state index >= 15 is 0 Å². The highest BCUT2D eigenvalue weighted by atomic mass is 15.0. The van der Waals surface area contributed by atoms with Gasteiger partial charge in [-0.05, 0) is 43.2 Å². The Kier molecular flexibility index (Phi) is 2.33. The molecule has 90 valence electrons. The summed E-state index contributed by atoms with van der Waals surface area (Å²) < 4.78 is 2.06. The number of fused-ring (bicyclic) bond motifs is 1. The normalized spacial score (nSPS) is 11.0. The van der Waals surface area contributed by atoms with Crippen LogP contribution in [0.5, 0.6) is 0 Å². The molecule has 3 heteroatoms. The summed E-state index contributed by atoms with van der Waals surface area (Å²) in [6, 6.07) is 10.2. The lowest BCUT2D eigenvalue weighted by molar-refractivity contribution is 1.16. The van der Waals surface area contributed by atoms with E-state index in [1.54, 1.807) is 0 Å². The van der Waals surface area contributed by atoms with Gasteiger partial charge in [-0.1, -0.05) is 12.1 Å². The number of aromatic nitrogens is 2. The van der Waals surface area contributed by atoms with Crippen molar-refractivity contribution in [3.8, 4) is 11.4 Å². The first kappa shape index (κ1) is 10.8. The largest absolute Gasteiger partial charge is 0.399 e. The third-order valence-electron chi connectivity index (χ3n) is 3.32. The Labute approximate surface area is 106 Å². The molecule has 3 aromatic rings. The third-order valence-corrected chi connectivity index (χ3v) is 3.32. The number of nitrogen functional groups attached to an aromatic ring is 1. The number of hydrogen-bond donors (Lipinski definition) is 1. The van der Waals surface area contributed by atoms with Gasteiger partial charge in [0.2, 0.25) is 0 Å². The van der Waals surface area contributed by atoms with Crippen LogP contribution < -0.4 is 5.73 Å². The topological polar surface area (TPSA) is 43.3 Å². The number of hydrogen-bond acceptors (Lipinski definition) is 2. The van der Waals surface area contributed by atoms with Crippen LogP contribution in [0, 0.1) is 13.8 Å². The van der Waals surface area contributed by atoms with Gasteiger partial charge in [-0.2, -0.15) is 0 Å². The highest BCUT2D eigenvalue weighted by Crippen LogP contribution is 2.23. The smallest absolute Gasteiger partial charge is 0.144 e. The quantitative estimate of drug-likeness (QED) is 0.706. The summed E-state index contributed by atoms with van der Waals surface area (Å²) in [5, 5.41) is 0. The number of rotatable bonds is 1. The average Bonchev–Trinajstić information content (AvgIpc) is 2.75. The van der Waals surface area contributed by atoms with E-state index in [0.29, 0.717) is 0 Å². The first-order chi connectivity index (χ1) is 8.65. The highest BCUT2D eigenvalue weighted by molar-refractivity contribution is 5.66. The molecule has 3 nitrogen and oxygen atoms in total. The lowest BCUT2D eigenvalue weighted by Gasteiger charge is -2.05. The number of benzene rings is 1. The summed E-state index contributed by atoms with van der Waals surface area (Å²) >= 11 is 0. The van der Waals surface area contributed by atoms with Gasteiger partial charge in [-0.15, -0.1) is 0 Å². The van der Waals surface area contributed by atoms with E-state index < -0.39 is 0 Å². The molecular formula is C15H15N3. The fourth-order valence-corrected chi connectivity index (χ4v) is 2.11. The number of pyridine rings is 1. The molecular weight excluding hydrogens is 222 g/mol. The Morgan fingerprint density at radius 1 is 1.06 bits per heavy atom. The molecule has 2 aromatic heterocycles. The Hall–Kier alpha value is -2.29. The van der Waals surface area contributed by atoms with E-state index in [2.05, 4.69) is 41.4 Å². The van der Waals surface area contributed by atoms with Crippen LogP contribution >= 0.6 is 0 Å². The Bertz CT molecular complexity index is 726. The van der Waals surface area contributed by atoms with Gasteiger partial charge in [0.25, 0.3) is 0 Å². The first-order valence-corrected chi connectivity index (χ1v) is 5.95. The van der Waals surface area contributed by atoms with Crippen molar-refractivity contribution in [1.82, 2.24) is 9.38 Å². The number of anilines is 1. The van der Waals surface area contributed by atoms with Crippen molar-refractivity contribution in [1.29, 1.82) is 0 Å². The fraction of sp³-hybridized carbons (Fsp3) is 0.133. The Morgan fingerprint density at radius 2 is 1.89 bits per heavy atom. The van der Waals surface area contributed by atoms with Gasteiger partial charge in [-0.25, -0.2) is 4.98 Å². The second kappa shape index (κ2) is 3.88. The number of nitrogens with two attached hydrogens (primary N) is 1. The number of imidazole rings is 1. The van der Waals surface area contributed by atoms with Crippen molar-refractivity contribution in [2.24, 2.45) is 0 Å². The molecule has 0 saturated carbocycles. The van der Waals surface area contributed by atoms with Gasteiger partial charge in [0.1, 0.15) is 5.82 Å². The van der Waals surface area contributed by atoms with Crippen LogP contribution in [0.3, 0.4) is 0 Å².